The van der Waals surface area contributed by atoms with Crippen LogP contribution in [0, 0.1) is 0 Å². The molecule has 1 heterocycles. The summed E-state index contributed by atoms with van der Waals surface area (Å²) in [6, 6.07) is 0. The minimum absolute atomic E-state index is 0.111. The zero-order chi connectivity index (χ0) is 8.43. The van der Waals surface area contributed by atoms with Crippen molar-refractivity contribution in [2.45, 2.75) is 0 Å². The van der Waals surface area contributed by atoms with E-state index in [1.807, 2.05) is 0 Å². The lowest BCUT2D eigenvalue weighted by molar-refractivity contribution is -0.131. The van der Waals surface area contributed by atoms with Crippen LogP contribution in [0.2, 0.25) is 0 Å². The molecule has 0 aliphatic carbocycles. The van der Waals surface area contributed by atoms with Crippen molar-refractivity contribution < 1.29 is 14.7 Å². The summed E-state index contributed by atoms with van der Waals surface area (Å²) in [5.41, 5.74) is 5.07. The fraction of sp³-hybridized carbons (Fsp3) is 0. The van der Waals surface area contributed by atoms with Crippen LogP contribution in [0.3, 0.4) is 0 Å². The van der Waals surface area contributed by atoms with E-state index in [9.17, 15) is 9.59 Å². The minimum atomic E-state index is -1.52. The molecule has 0 unspecified atom stereocenters. The first-order chi connectivity index (χ1) is 5.11. The number of aliphatic carboxylic acids is 1. The second kappa shape index (κ2) is 2.67. The summed E-state index contributed by atoms with van der Waals surface area (Å²) in [5.74, 6) is -2.55. The highest BCUT2D eigenvalue weighted by Crippen LogP contribution is 2.11. The van der Waals surface area contributed by atoms with E-state index in [0.29, 0.717) is 0 Å². The van der Waals surface area contributed by atoms with E-state index in [1.165, 1.54) is 5.38 Å². The maximum Gasteiger partial charge on any atom is 0.378 e. The van der Waals surface area contributed by atoms with Crippen LogP contribution < -0.4 is 5.73 Å². The van der Waals surface area contributed by atoms with Gasteiger partial charge >= 0.3 is 5.97 Å². The summed E-state index contributed by atoms with van der Waals surface area (Å²) < 4.78 is 0. The molecule has 5 nitrogen and oxygen atoms in total. The molecule has 6 heteroatoms. The molecule has 0 aliphatic heterocycles. The third kappa shape index (κ3) is 1.53. The van der Waals surface area contributed by atoms with Crippen molar-refractivity contribution in [3.05, 3.63) is 11.1 Å². The average Bonchev–Trinajstić information content (AvgIpc) is 2.34. The Morgan fingerprint density at radius 3 is 2.64 bits per heavy atom. The Hall–Kier alpha value is -1.43. The van der Waals surface area contributed by atoms with Crippen molar-refractivity contribution in [2.75, 3.05) is 5.73 Å². The monoisotopic (exact) mass is 172 g/mol. The van der Waals surface area contributed by atoms with Crippen LogP contribution in [0.25, 0.3) is 0 Å². The number of carboxylic acids is 1. The highest BCUT2D eigenvalue weighted by atomic mass is 32.1. The van der Waals surface area contributed by atoms with Gasteiger partial charge in [0.25, 0.3) is 5.78 Å². The number of Topliss-reactive ketones (excluding diaryl/α,β-unsaturated/α-hetero) is 1. The lowest BCUT2D eigenvalue weighted by Gasteiger charge is -1.84. The summed E-state index contributed by atoms with van der Waals surface area (Å²) >= 11 is 1.03. The van der Waals surface area contributed by atoms with Gasteiger partial charge in [0.2, 0.25) is 0 Å². The van der Waals surface area contributed by atoms with Crippen molar-refractivity contribution in [3.8, 4) is 0 Å². The van der Waals surface area contributed by atoms with E-state index in [2.05, 4.69) is 4.98 Å². The van der Waals surface area contributed by atoms with Gasteiger partial charge in [-0.25, -0.2) is 9.78 Å². The van der Waals surface area contributed by atoms with Gasteiger partial charge in [-0.05, 0) is 0 Å². The minimum Gasteiger partial charge on any atom is -0.475 e. The molecule has 1 aromatic rings. The zero-order valence-electron chi connectivity index (χ0n) is 5.27. The second-order valence-electron chi connectivity index (χ2n) is 1.71. The van der Waals surface area contributed by atoms with Gasteiger partial charge in [-0.1, -0.05) is 0 Å². The average molecular weight is 172 g/mol. The topological polar surface area (TPSA) is 93.3 Å². The second-order valence-corrected chi connectivity index (χ2v) is 2.59. The van der Waals surface area contributed by atoms with Gasteiger partial charge < -0.3 is 10.8 Å². The number of hydrogen-bond donors (Lipinski definition) is 2. The molecule has 0 aliphatic rings. The molecule has 0 bridgehead atoms. The van der Waals surface area contributed by atoms with Crippen molar-refractivity contribution in [1.82, 2.24) is 4.98 Å². The summed E-state index contributed by atoms with van der Waals surface area (Å²) in [5, 5.41) is 9.72. The Kier molecular flexibility index (Phi) is 1.86. The molecule has 3 N–H and O–H groups in total. The molecule has 0 saturated carbocycles. The number of aromatic nitrogens is 1. The van der Waals surface area contributed by atoms with Crippen molar-refractivity contribution in [2.24, 2.45) is 0 Å². The molecule has 0 spiro atoms. The Bertz CT molecular complexity index is 306. The van der Waals surface area contributed by atoms with Gasteiger partial charge in [0, 0.05) is 5.38 Å². The van der Waals surface area contributed by atoms with Crippen LogP contribution in [0.5, 0.6) is 0 Å². The van der Waals surface area contributed by atoms with Crippen molar-refractivity contribution in [1.29, 1.82) is 0 Å². The zero-order valence-corrected chi connectivity index (χ0v) is 6.09. The third-order valence-corrected chi connectivity index (χ3v) is 1.62. The Morgan fingerprint density at radius 1 is 1.64 bits per heavy atom. The molecule has 0 atom stereocenters. The fourth-order valence-electron chi connectivity index (χ4n) is 0.501. The van der Waals surface area contributed by atoms with Gasteiger partial charge in [0.05, 0.1) is 0 Å². The molecule has 58 valence electrons. The predicted octanol–water partition coefficient (Wildman–Crippen LogP) is -0.00740. The van der Waals surface area contributed by atoms with E-state index in [4.69, 9.17) is 10.8 Å². The van der Waals surface area contributed by atoms with Gasteiger partial charge in [0.15, 0.2) is 5.13 Å². The molecular weight excluding hydrogens is 168 g/mol. The first kappa shape index (κ1) is 7.67. The lowest BCUT2D eigenvalue weighted by atomic mass is 10.3. The molecule has 1 aromatic heterocycles. The summed E-state index contributed by atoms with van der Waals surface area (Å²) in [4.78, 5) is 24.2. The van der Waals surface area contributed by atoms with E-state index < -0.39 is 11.8 Å². The predicted molar refractivity (Wildman–Crippen MR) is 38.5 cm³/mol. The highest BCUT2D eigenvalue weighted by Gasteiger charge is 2.16. The van der Waals surface area contributed by atoms with Gasteiger partial charge in [0.1, 0.15) is 5.69 Å². The van der Waals surface area contributed by atoms with Crippen LogP contribution in [-0.2, 0) is 4.79 Å². The summed E-state index contributed by atoms with van der Waals surface area (Å²) in [7, 11) is 0. The van der Waals surface area contributed by atoms with E-state index >= 15 is 0 Å². The smallest absolute Gasteiger partial charge is 0.378 e. The quantitative estimate of drug-likeness (QED) is 0.483. The number of carboxylic acid groups (broad SMARTS) is 1. The molecule has 0 saturated heterocycles. The summed E-state index contributed by atoms with van der Waals surface area (Å²) in [6.07, 6.45) is 0. The maximum absolute atomic E-state index is 10.6. The SMILES string of the molecule is Nc1nc(C(=O)C(=O)O)cs1. The molecule has 0 fully saturated rings. The van der Waals surface area contributed by atoms with Crippen LogP contribution in [0.15, 0.2) is 5.38 Å². The molecule has 1 rings (SSSR count). The first-order valence-corrected chi connectivity index (χ1v) is 3.48. The van der Waals surface area contributed by atoms with Gasteiger partial charge in [-0.15, -0.1) is 11.3 Å². The number of nitrogens with two attached hydrogens (primary N) is 1. The van der Waals surface area contributed by atoms with Crippen LogP contribution >= 0.6 is 11.3 Å². The number of nitrogens with zero attached hydrogens (tertiary/aromatic N) is 1. The maximum atomic E-state index is 10.6. The Morgan fingerprint density at radius 2 is 2.27 bits per heavy atom. The Balaban J connectivity index is 2.94. The molecule has 0 radical (unpaired) electrons. The number of thiazole rings is 1. The largest absolute Gasteiger partial charge is 0.475 e. The molecule has 11 heavy (non-hydrogen) atoms. The Labute approximate surface area is 65.5 Å². The van der Waals surface area contributed by atoms with E-state index in [1.54, 1.807) is 0 Å². The number of anilines is 1. The van der Waals surface area contributed by atoms with Crippen molar-refractivity contribution in [3.63, 3.8) is 0 Å². The van der Waals surface area contributed by atoms with Gasteiger partial charge in [-0.3, -0.25) is 4.79 Å². The molecular formula is C5H4N2O3S. The van der Waals surface area contributed by atoms with E-state index in [0.717, 1.165) is 11.3 Å². The molecule has 0 amide bonds. The first-order valence-electron chi connectivity index (χ1n) is 2.60. The van der Waals surface area contributed by atoms with Crippen LogP contribution in [-0.4, -0.2) is 21.8 Å². The van der Waals surface area contributed by atoms with E-state index in [-0.39, 0.29) is 10.8 Å². The fourth-order valence-corrected chi connectivity index (χ4v) is 1.04. The van der Waals surface area contributed by atoms with Gasteiger partial charge in [-0.2, -0.15) is 0 Å². The number of carbonyl (C=O) groups is 2. The number of ketones is 1. The summed E-state index contributed by atoms with van der Waals surface area (Å²) in [6.45, 7) is 0. The number of hydrogen-bond acceptors (Lipinski definition) is 5. The third-order valence-electron chi connectivity index (χ3n) is 0.949. The van der Waals surface area contributed by atoms with Crippen LogP contribution in [0.1, 0.15) is 10.5 Å². The lowest BCUT2D eigenvalue weighted by Crippen LogP contribution is -2.12. The number of nitrogen functional groups attached to an aromatic ring is 1. The normalized spacial score (nSPS) is 9.45. The highest BCUT2D eigenvalue weighted by molar-refractivity contribution is 7.13. The van der Waals surface area contributed by atoms with Crippen LogP contribution in [0.4, 0.5) is 5.13 Å². The number of carbonyl (C=O) groups excluding carboxylic acids is 1. The number of rotatable bonds is 2. The van der Waals surface area contributed by atoms with Crippen molar-refractivity contribution >= 4 is 28.2 Å². The standard InChI is InChI=1S/C5H4N2O3S/c6-5-7-2(1-11-5)3(8)4(9)10/h1H,(H2,6,7)(H,9,10). The molecule has 0 aromatic carbocycles.